The van der Waals surface area contributed by atoms with Gasteiger partial charge in [-0.05, 0) is 19.4 Å². The van der Waals surface area contributed by atoms with Crippen molar-refractivity contribution in [3.63, 3.8) is 0 Å². The third kappa shape index (κ3) is 3.31. The summed E-state index contributed by atoms with van der Waals surface area (Å²) in [6, 6.07) is 3.85. The van der Waals surface area contributed by atoms with E-state index in [0.29, 0.717) is 13.0 Å². The Morgan fingerprint density at radius 2 is 2.28 bits per heavy atom. The molecule has 0 aliphatic heterocycles. The summed E-state index contributed by atoms with van der Waals surface area (Å²) in [5, 5.41) is 22.8. The lowest BCUT2D eigenvalue weighted by Gasteiger charge is -2.05. The molecule has 0 fully saturated rings. The fraction of sp³-hybridized carbons (Fsp3) is 0.250. The second-order valence-corrected chi connectivity index (χ2v) is 3.54. The molecule has 1 rings (SSSR count). The summed E-state index contributed by atoms with van der Waals surface area (Å²) in [6.07, 6.45) is 4.41. The van der Waals surface area contributed by atoms with E-state index < -0.39 is 22.3 Å². The standard InChI is InChI=1S/C12H14N2O4/c1-2-3-4-8-13-12(16)9-6-5-7-10(11(9)15)14(17)18/h2-3,5-7,15H,4,8H2,1H3,(H,13,16)/b3-2+. The van der Waals surface area contributed by atoms with Crippen LogP contribution >= 0.6 is 0 Å². The molecule has 0 heterocycles. The number of phenols is 1. The zero-order chi connectivity index (χ0) is 13.5. The lowest BCUT2D eigenvalue weighted by Crippen LogP contribution is -2.24. The summed E-state index contributed by atoms with van der Waals surface area (Å²) >= 11 is 0. The summed E-state index contributed by atoms with van der Waals surface area (Å²) in [5.41, 5.74) is -0.569. The molecule has 0 saturated heterocycles. The van der Waals surface area contributed by atoms with E-state index in [4.69, 9.17) is 0 Å². The van der Waals surface area contributed by atoms with Crippen molar-refractivity contribution in [2.45, 2.75) is 13.3 Å². The summed E-state index contributed by atoms with van der Waals surface area (Å²) in [4.78, 5) is 21.6. The minimum Gasteiger partial charge on any atom is -0.502 e. The Labute approximate surface area is 104 Å². The molecule has 1 aromatic rings. The Balaban J connectivity index is 2.80. The summed E-state index contributed by atoms with van der Waals surface area (Å²) in [6.45, 7) is 2.28. The third-order valence-electron chi connectivity index (χ3n) is 2.29. The number of nitrogens with zero attached hydrogens (tertiary/aromatic N) is 1. The number of carbonyl (C=O) groups excluding carboxylic acids is 1. The van der Waals surface area contributed by atoms with E-state index in [2.05, 4.69) is 5.32 Å². The maximum atomic E-state index is 11.7. The number of hydrogen-bond donors (Lipinski definition) is 2. The molecule has 18 heavy (non-hydrogen) atoms. The normalized spacial score (nSPS) is 10.5. The van der Waals surface area contributed by atoms with E-state index in [-0.39, 0.29) is 5.56 Å². The van der Waals surface area contributed by atoms with Crippen LogP contribution in [0.15, 0.2) is 30.4 Å². The number of hydrogen-bond acceptors (Lipinski definition) is 4. The lowest BCUT2D eigenvalue weighted by atomic mass is 10.1. The van der Waals surface area contributed by atoms with Crippen molar-refractivity contribution in [3.8, 4) is 5.75 Å². The van der Waals surface area contributed by atoms with Gasteiger partial charge in [0.2, 0.25) is 5.75 Å². The molecule has 0 radical (unpaired) electrons. The maximum Gasteiger partial charge on any atom is 0.311 e. The third-order valence-corrected chi connectivity index (χ3v) is 2.29. The average molecular weight is 250 g/mol. The molecule has 1 aromatic carbocycles. The van der Waals surface area contributed by atoms with Crippen molar-refractivity contribution in [1.82, 2.24) is 5.32 Å². The Morgan fingerprint density at radius 1 is 1.56 bits per heavy atom. The number of amides is 1. The van der Waals surface area contributed by atoms with Crippen molar-refractivity contribution in [2.75, 3.05) is 6.54 Å². The molecule has 0 spiro atoms. The van der Waals surface area contributed by atoms with Gasteiger partial charge in [-0.2, -0.15) is 0 Å². The Morgan fingerprint density at radius 3 is 2.89 bits per heavy atom. The highest BCUT2D eigenvalue weighted by atomic mass is 16.6. The predicted octanol–water partition coefficient (Wildman–Crippen LogP) is 2.00. The van der Waals surface area contributed by atoms with Crippen molar-refractivity contribution >= 4 is 11.6 Å². The Bertz CT molecular complexity index is 483. The van der Waals surface area contributed by atoms with Crippen LogP contribution < -0.4 is 5.32 Å². The number of aromatic hydroxyl groups is 1. The molecule has 6 nitrogen and oxygen atoms in total. The zero-order valence-electron chi connectivity index (χ0n) is 9.92. The molecule has 6 heteroatoms. The van der Waals surface area contributed by atoms with Gasteiger partial charge in [0.1, 0.15) is 0 Å². The highest BCUT2D eigenvalue weighted by molar-refractivity contribution is 5.98. The van der Waals surface area contributed by atoms with E-state index in [1.807, 2.05) is 19.1 Å². The van der Waals surface area contributed by atoms with Crippen LogP contribution in [0.25, 0.3) is 0 Å². The Hall–Kier alpha value is -2.37. The molecule has 0 bridgehead atoms. The van der Waals surface area contributed by atoms with Crippen LogP contribution in [0.1, 0.15) is 23.7 Å². The van der Waals surface area contributed by atoms with Crippen LogP contribution in [-0.4, -0.2) is 22.5 Å². The molecule has 2 N–H and O–H groups in total. The first-order valence-corrected chi connectivity index (χ1v) is 5.43. The number of carbonyl (C=O) groups is 1. The van der Waals surface area contributed by atoms with Gasteiger partial charge in [-0.3, -0.25) is 14.9 Å². The fourth-order valence-electron chi connectivity index (χ4n) is 1.39. The van der Waals surface area contributed by atoms with Crippen molar-refractivity contribution in [3.05, 3.63) is 46.0 Å². The summed E-state index contributed by atoms with van der Waals surface area (Å²) < 4.78 is 0. The number of para-hydroxylation sites is 1. The lowest BCUT2D eigenvalue weighted by molar-refractivity contribution is -0.385. The van der Waals surface area contributed by atoms with Gasteiger partial charge in [-0.1, -0.05) is 18.2 Å². The molecular weight excluding hydrogens is 236 g/mol. The number of nitro groups is 1. The van der Waals surface area contributed by atoms with Crippen molar-refractivity contribution < 1.29 is 14.8 Å². The number of benzene rings is 1. The van der Waals surface area contributed by atoms with Gasteiger partial charge >= 0.3 is 5.69 Å². The largest absolute Gasteiger partial charge is 0.502 e. The topological polar surface area (TPSA) is 92.5 Å². The smallest absolute Gasteiger partial charge is 0.311 e. The molecular formula is C12H14N2O4. The summed E-state index contributed by atoms with van der Waals surface area (Å²) in [5.74, 6) is -1.13. The van der Waals surface area contributed by atoms with Crippen LogP contribution in [0, 0.1) is 10.1 Å². The second-order valence-electron chi connectivity index (χ2n) is 3.54. The first kappa shape index (κ1) is 13.7. The minimum atomic E-state index is -0.730. The number of allylic oxidation sites excluding steroid dienone is 1. The van der Waals surface area contributed by atoms with Gasteiger partial charge in [-0.25, -0.2) is 0 Å². The molecule has 0 unspecified atom stereocenters. The Kier molecular flexibility index (Phi) is 4.86. The van der Waals surface area contributed by atoms with E-state index in [1.165, 1.54) is 12.1 Å². The van der Waals surface area contributed by atoms with Crippen LogP contribution in [0.3, 0.4) is 0 Å². The number of rotatable bonds is 5. The quantitative estimate of drug-likeness (QED) is 0.362. The molecule has 0 aromatic heterocycles. The molecule has 1 amide bonds. The highest BCUT2D eigenvalue weighted by Gasteiger charge is 2.20. The maximum absolute atomic E-state index is 11.7. The average Bonchev–Trinajstić information content (AvgIpc) is 2.34. The van der Waals surface area contributed by atoms with Crippen LogP contribution in [0.2, 0.25) is 0 Å². The molecule has 96 valence electrons. The predicted molar refractivity (Wildman–Crippen MR) is 66.5 cm³/mol. The van der Waals surface area contributed by atoms with Gasteiger partial charge in [-0.15, -0.1) is 0 Å². The van der Waals surface area contributed by atoms with E-state index in [9.17, 15) is 20.0 Å². The summed E-state index contributed by atoms with van der Waals surface area (Å²) in [7, 11) is 0. The van der Waals surface area contributed by atoms with Crippen LogP contribution in [-0.2, 0) is 0 Å². The van der Waals surface area contributed by atoms with E-state index >= 15 is 0 Å². The first-order valence-electron chi connectivity index (χ1n) is 5.43. The zero-order valence-corrected chi connectivity index (χ0v) is 9.92. The molecule has 0 aliphatic rings. The van der Waals surface area contributed by atoms with Crippen LogP contribution in [0.5, 0.6) is 5.75 Å². The first-order chi connectivity index (χ1) is 8.57. The van der Waals surface area contributed by atoms with Gasteiger partial charge in [0, 0.05) is 12.6 Å². The minimum absolute atomic E-state index is 0.0929. The van der Waals surface area contributed by atoms with Crippen LogP contribution in [0.4, 0.5) is 5.69 Å². The van der Waals surface area contributed by atoms with Crippen molar-refractivity contribution in [1.29, 1.82) is 0 Å². The van der Waals surface area contributed by atoms with E-state index in [0.717, 1.165) is 6.07 Å². The van der Waals surface area contributed by atoms with E-state index in [1.54, 1.807) is 0 Å². The second kappa shape index (κ2) is 6.39. The van der Waals surface area contributed by atoms with Gasteiger partial charge in [0.15, 0.2) is 0 Å². The fourth-order valence-corrected chi connectivity index (χ4v) is 1.39. The SMILES string of the molecule is C/C=C/CCNC(=O)c1cccc([N+](=O)[O-])c1O. The number of nitrogens with one attached hydrogen (secondary N) is 1. The number of nitro benzene ring substituents is 1. The highest BCUT2D eigenvalue weighted by Crippen LogP contribution is 2.28. The van der Waals surface area contributed by atoms with Gasteiger partial charge in [0.05, 0.1) is 10.5 Å². The monoisotopic (exact) mass is 250 g/mol. The molecule has 0 saturated carbocycles. The molecule has 0 aliphatic carbocycles. The number of phenolic OH excluding ortho intramolecular Hbond substituents is 1. The molecule has 0 atom stereocenters. The van der Waals surface area contributed by atoms with Crippen molar-refractivity contribution in [2.24, 2.45) is 0 Å². The van der Waals surface area contributed by atoms with Gasteiger partial charge in [0.25, 0.3) is 5.91 Å². The van der Waals surface area contributed by atoms with Gasteiger partial charge < -0.3 is 10.4 Å².